The van der Waals surface area contributed by atoms with Crippen molar-refractivity contribution in [2.24, 2.45) is 5.73 Å². The van der Waals surface area contributed by atoms with E-state index in [0.717, 1.165) is 28.3 Å². The predicted molar refractivity (Wildman–Crippen MR) is 80.4 cm³/mol. The second kappa shape index (κ2) is 5.83. The normalized spacial score (nSPS) is 12.1. The van der Waals surface area contributed by atoms with Crippen LogP contribution in [0.4, 0.5) is 0 Å². The first-order valence-corrected chi connectivity index (χ1v) is 6.70. The summed E-state index contributed by atoms with van der Waals surface area (Å²) in [4.78, 5) is 11.3. The Balaban J connectivity index is 2.44. The quantitative estimate of drug-likeness (QED) is 0.594. The highest BCUT2D eigenvalue weighted by Crippen LogP contribution is 2.31. The molecule has 5 nitrogen and oxygen atoms in total. The number of nitrogens with two attached hydrogens (primary N) is 1. The molecule has 0 saturated carbocycles. The second-order valence-electron chi connectivity index (χ2n) is 4.17. The molecular formula is C14H14N2O3S. The number of methoxy groups -OCH3 is 1. The summed E-state index contributed by atoms with van der Waals surface area (Å²) in [5.74, 6) is -0.267. The fourth-order valence-corrected chi connectivity index (χ4v) is 2.56. The van der Waals surface area contributed by atoms with Gasteiger partial charge >= 0.3 is 5.97 Å². The number of ether oxygens (including phenoxy) is 1. The van der Waals surface area contributed by atoms with E-state index in [0.29, 0.717) is 5.56 Å². The van der Waals surface area contributed by atoms with Gasteiger partial charge in [-0.15, -0.1) is 0 Å². The van der Waals surface area contributed by atoms with Crippen LogP contribution in [0.2, 0.25) is 0 Å². The summed E-state index contributed by atoms with van der Waals surface area (Å²) in [6.45, 7) is 0. The van der Waals surface area contributed by atoms with Gasteiger partial charge in [-0.1, -0.05) is 30.0 Å². The highest BCUT2D eigenvalue weighted by Gasteiger charge is 2.22. The number of hydrogen-bond acceptors (Lipinski definition) is 4. The van der Waals surface area contributed by atoms with Crippen LogP contribution in [-0.4, -0.2) is 23.4 Å². The van der Waals surface area contributed by atoms with Crippen LogP contribution >= 0.6 is 11.8 Å². The van der Waals surface area contributed by atoms with Crippen molar-refractivity contribution in [3.8, 4) is 5.75 Å². The Morgan fingerprint density at radius 1 is 1.30 bits per heavy atom. The van der Waals surface area contributed by atoms with Crippen molar-refractivity contribution in [3.63, 3.8) is 0 Å². The van der Waals surface area contributed by atoms with Gasteiger partial charge in [0.1, 0.15) is 11.0 Å². The van der Waals surface area contributed by atoms with Gasteiger partial charge in [0.05, 0.1) is 7.11 Å². The predicted octanol–water partition coefficient (Wildman–Crippen LogP) is 2.60. The molecule has 1 atom stereocenters. The van der Waals surface area contributed by atoms with Crippen LogP contribution in [0.1, 0.15) is 10.8 Å². The lowest BCUT2D eigenvalue weighted by Gasteiger charge is -2.12. The molecule has 0 aliphatic rings. The van der Waals surface area contributed by atoms with E-state index >= 15 is 0 Å². The van der Waals surface area contributed by atoms with Gasteiger partial charge in [-0.25, -0.2) is 0 Å². The van der Waals surface area contributed by atoms with Gasteiger partial charge in [-0.2, -0.15) is 0 Å². The van der Waals surface area contributed by atoms with Gasteiger partial charge in [0.25, 0.3) is 0 Å². The third-order valence-electron chi connectivity index (χ3n) is 2.84. The topological polar surface area (TPSA) is 96.4 Å². The van der Waals surface area contributed by atoms with Crippen molar-refractivity contribution >= 4 is 33.7 Å². The van der Waals surface area contributed by atoms with E-state index in [9.17, 15) is 9.90 Å². The number of nitrogens with one attached hydrogen (secondary N) is 1. The molecule has 104 valence electrons. The molecule has 0 aliphatic heterocycles. The zero-order chi connectivity index (χ0) is 14.7. The molecule has 0 heterocycles. The third-order valence-corrected chi connectivity index (χ3v) is 3.81. The van der Waals surface area contributed by atoms with Crippen molar-refractivity contribution in [1.29, 1.82) is 5.41 Å². The Morgan fingerprint density at radius 2 is 1.95 bits per heavy atom. The lowest BCUT2D eigenvalue weighted by molar-refractivity contribution is -0.136. The van der Waals surface area contributed by atoms with Crippen molar-refractivity contribution < 1.29 is 14.6 Å². The van der Waals surface area contributed by atoms with Crippen LogP contribution in [-0.2, 0) is 4.79 Å². The molecule has 2 aromatic carbocycles. The number of rotatable bonds is 4. The molecule has 0 bridgehead atoms. The van der Waals surface area contributed by atoms with Gasteiger partial charge in [-0.05, 0) is 34.5 Å². The zero-order valence-electron chi connectivity index (χ0n) is 10.8. The zero-order valence-corrected chi connectivity index (χ0v) is 11.6. The van der Waals surface area contributed by atoms with Gasteiger partial charge in [0, 0.05) is 0 Å². The van der Waals surface area contributed by atoms with Crippen LogP contribution in [0.15, 0.2) is 36.4 Å². The molecular weight excluding hydrogens is 276 g/mol. The van der Waals surface area contributed by atoms with Crippen LogP contribution in [0.25, 0.3) is 10.8 Å². The van der Waals surface area contributed by atoms with Gasteiger partial charge in [-0.3, -0.25) is 10.2 Å². The minimum atomic E-state index is -1.02. The van der Waals surface area contributed by atoms with E-state index in [1.807, 2.05) is 24.3 Å². The van der Waals surface area contributed by atoms with Crippen LogP contribution in [0.3, 0.4) is 0 Å². The molecule has 0 radical (unpaired) electrons. The number of aliphatic carboxylic acids is 1. The maximum Gasteiger partial charge on any atom is 0.321 e. The first kappa shape index (κ1) is 14.2. The molecule has 4 N–H and O–H groups in total. The first-order valence-electron chi connectivity index (χ1n) is 5.82. The highest BCUT2D eigenvalue weighted by atomic mass is 32.2. The monoisotopic (exact) mass is 290 g/mol. The summed E-state index contributed by atoms with van der Waals surface area (Å²) < 4.78 is 5.15. The Morgan fingerprint density at radius 3 is 2.55 bits per heavy atom. The molecule has 0 spiro atoms. The summed E-state index contributed by atoms with van der Waals surface area (Å²) >= 11 is 0.814. The molecule has 0 aliphatic carbocycles. The summed E-state index contributed by atoms with van der Waals surface area (Å²) in [7, 11) is 1.60. The van der Waals surface area contributed by atoms with Gasteiger partial charge < -0.3 is 15.6 Å². The van der Waals surface area contributed by atoms with Crippen LogP contribution in [0, 0.1) is 5.41 Å². The molecule has 0 saturated heterocycles. The number of carbonyl (C=O) groups is 1. The molecule has 2 rings (SSSR count). The summed E-state index contributed by atoms with van der Waals surface area (Å²) in [6, 6.07) is 10.9. The Kier molecular flexibility index (Phi) is 4.14. The van der Waals surface area contributed by atoms with Crippen molar-refractivity contribution in [1.82, 2.24) is 0 Å². The van der Waals surface area contributed by atoms with E-state index < -0.39 is 11.2 Å². The lowest BCUT2D eigenvalue weighted by atomic mass is 10.0. The SMILES string of the molecule is COc1ccc2cc(C(SC(=N)N)C(=O)O)ccc2c1. The van der Waals surface area contributed by atoms with E-state index in [2.05, 4.69) is 0 Å². The number of fused-ring (bicyclic) bond motifs is 1. The summed E-state index contributed by atoms with van der Waals surface area (Å²) in [5.41, 5.74) is 5.89. The summed E-state index contributed by atoms with van der Waals surface area (Å²) in [6.07, 6.45) is 0. The first-order chi connectivity index (χ1) is 9.51. The lowest BCUT2D eigenvalue weighted by Crippen LogP contribution is -2.14. The molecule has 0 aromatic heterocycles. The number of carboxylic acids is 1. The second-order valence-corrected chi connectivity index (χ2v) is 5.32. The van der Waals surface area contributed by atoms with Crippen molar-refractivity contribution in [2.45, 2.75) is 5.25 Å². The Hall–Kier alpha value is -2.21. The molecule has 0 fully saturated rings. The van der Waals surface area contributed by atoms with Crippen LogP contribution < -0.4 is 10.5 Å². The van der Waals surface area contributed by atoms with E-state index in [1.54, 1.807) is 19.2 Å². The molecule has 1 unspecified atom stereocenters. The standard InChI is InChI=1S/C14H14N2O3S/c1-19-11-5-4-8-6-10(3-2-9(8)7-11)12(13(17)18)20-14(15)16/h2-7,12H,1H3,(H3,15,16)(H,17,18). The fraction of sp³-hybridized carbons (Fsp3) is 0.143. The number of benzene rings is 2. The average Bonchev–Trinajstić information content (AvgIpc) is 2.43. The maximum atomic E-state index is 11.3. The Bertz CT molecular complexity index is 673. The van der Waals surface area contributed by atoms with E-state index in [1.165, 1.54) is 0 Å². The number of hydrogen-bond donors (Lipinski definition) is 3. The molecule has 0 amide bonds. The average molecular weight is 290 g/mol. The Labute approximate surface area is 120 Å². The number of thioether (sulfide) groups is 1. The highest BCUT2D eigenvalue weighted by molar-refractivity contribution is 8.14. The van der Waals surface area contributed by atoms with E-state index in [-0.39, 0.29) is 5.17 Å². The molecule has 6 heteroatoms. The minimum absolute atomic E-state index is 0.216. The van der Waals surface area contributed by atoms with Crippen molar-refractivity contribution in [2.75, 3.05) is 7.11 Å². The number of carboxylic acid groups (broad SMARTS) is 1. The largest absolute Gasteiger partial charge is 0.497 e. The van der Waals surface area contributed by atoms with Gasteiger partial charge in [0.15, 0.2) is 5.17 Å². The smallest absolute Gasteiger partial charge is 0.321 e. The maximum absolute atomic E-state index is 11.3. The number of amidine groups is 1. The van der Waals surface area contributed by atoms with E-state index in [4.69, 9.17) is 15.9 Å². The molecule has 2 aromatic rings. The molecule has 20 heavy (non-hydrogen) atoms. The van der Waals surface area contributed by atoms with Crippen molar-refractivity contribution in [3.05, 3.63) is 42.0 Å². The summed E-state index contributed by atoms with van der Waals surface area (Å²) in [5, 5.41) is 17.3. The minimum Gasteiger partial charge on any atom is -0.497 e. The fourth-order valence-electron chi connectivity index (χ4n) is 1.92. The van der Waals surface area contributed by atoms with Gasteiger partial charge in [0.2, 0.25) is 0 Å². The third kappa shape index (κ3) is 3.03. The van der Waals surface area contributed by atoms with Crippen LogP contribution in [0.5, 0.6) is 5.75 Å².